The van der Waals surface area contributed by atoms with Crippen LogP contribution in [0.25, 0.3) is 0 Å². The first-order valence-electron chi connectivity index (χ1n) is 5.90. The Morgan fingerprint density at radius 3 is 1.93 bits per heavy atom. The van der Waals surface area contributed by atoms with Crippen LogP contribution in [0.5, 0.6) is 0 Å². The summed E-state index contributed by atoms with van der Waals surface area (Å²) in [5.41, 5.74) is 0.382. The second kappa shape index (κ2) is 8.25. The van der Waals surface area contributed by atoms with Gasteiger partial charge in [0.05, 0.1) is 0 Å². The average molecular weight is 202 g/mol. The molecule has 1 atom stereocenters. The molecule has 0 aromatic carbocycles. The highest BCUT2D eigenvalue weighted by Gasteiger charge is 2.21. The highest BCUT2D eigenvalue weighted by Crippen LogP contribution is 2.34. The summed E-state index contributed by atoms with van der Waals surface area (Å²) in [6.07, 6.45) is 7.68. The van der Waals surface area contributed by atoms with Gasteiger partial charge in [0.15, 0.2) is 0 Å². The van der Waals surface area contributed by atoms with Crippen molar-refractivity contribution in [1.29, 1.82) is 0 Å². The molecule has 0 spiro atoms. The third kappa shape index (κ3) is 6.39. The first-order chi connectivity index (χ1) is 6.68. The van der Waals surface area contributed by atoms with Gasteiger partial charge in [0.1, 0.15) is 0 Å². The Balaban J connectivity index is 3.82. The van der Waals surface area contributed by atoms with E-state index in [1.807, 2.05) is 0 Å². The van der Waals surface area contributed by atoms with Crippen molar-refractivity contribution in [1.82, 2.24) is 0 Å². The predicted octanol–water partition coefficient (Wildman–Crippen LogP) is 2.73. The van der Waals surface area contributed by atoms with Crippen LogP contribution in [-0.4, -0.2) is 23.4 Å². The molecule has 2 N–H and O–H groups in total. The Labute approximate surface area is 88.3 Å². The van der Waals surface area contributed by atoms with Crippen molar-refractivity contribution in [2.24, 2.45) is 5.41 Å². The summed E-state index contributed by atoms with van der Waals surface area (Å²) in [6, 6.07) is 0. The average Bonchev–Trinajstić information content (AvgIpc) is 2.16. The molecule has 0 aromatic heterocycles. The lowest BCUT2D eigenvalue weighted by Crippen LogP contribution is -2.17. The number of aliphatic hydroxyl groups excluding tert-OH is 2. The number of unbranched alkanes of at least 4 members (excludes halogenated alkanes) is 1. The summed E-state index contributed by atoms with van der Waals surface area (Å²) in [5, 5.41) is 17.6. The van der Waals surface area contributed by atoms with Crippen LogP contribution >= 0.6 is 0 Å². The minimum absolute atomic E-state index is 0.305. The van der Waals surface area contributed by atoms with Crippen LogP contribution in [-0.2, 0) is 0 Å². The maximum absolute atomic E-state index is 8.83. The van der Waals surface area contributed by atoms with Gasteiger partial charge in [-0.15, -0.1) is 0 Å². The smallest absolute Gasteiger partial charge is 0.0431 e. The molecule has 0 amide bonds. The van der Waals surface area contributed by atoms with Crippen molar-refractivity contribution >= 4 is 0 Å². The van der Waals surface area contributed by atoms with Crippen LogP contribution in [0.2, 0.25) is 0 Å². The molecule has 0 aliphatic rings. The summed E-state index contributed by atoms with van der Waals surface area (Å²) >= 11 is 0. The molecule has 0 bridgehead atoms. The van der Waals surface area contributed by atoms with Crippen molar-refractivity contribution < 1.29 is 10.2 Å². The van der Waals surface area contributed by atoms with Gasteiger partial charge in [0.25, 0.3) is 0 Å². The zero-order valence-corrected chi connectivity index (χ0v) is 9.76. The zero-order chi connectivity index (χ0) is 10.9. The Bertz CT molecular complexity index is 125. The van der Waals surface area contributed by atoms with Gasteiger partial charge in [-0.05, 0) is 37.5 Å². The maximum atomic E-state index is 8.83. The lowest BCUT2D eigenvalue weighted by atomic mass is 9.77. The number of hydrogen-bond acceptors (Lipinski definition) is 2. The molecule has 14 heavy (non-hydrogen) atoms. The molecule has 0 rings (SSSR count). The molecule has 86 valence electrons. The number of hydrogen-bond donors (Lipinski definition) is 2. The van der Waals surface area contributed by atoms with Crippen LogP contribution in [0.4, 0.5) is 0 Å². The van der Waals surface area contributed by atoms with Crippen molar-refractivity contribution in [2.45, 2.75) is 58.8 Å². The second-order valence-corrected chi connectivity index (χ2v) is 4.57. The van der Waals surface area contributed by atoms with E-state index in [1.54, 1.807) is 0 Å². The third-order valence-electron chi connectivity index (χ3n) is 2.98. The predicted molar refractivity (Wildman–Crippen MR) is 60.3 cm³/mol. The molecule has 0 heterocycles. The van der Waals surface area contributed by atoms with E-state index in [-0.39, 0.29) is 0 Å². The molecule has 0 aliphatic heterocycles. The van der Waals surface area contributed by atoms with Crippen LogP contribution < -0.4 is 0 Å². The van der Waals surface area contributed by atoms with E-state index in [9.17, 15) is 0 Å². The van der Waals surface area contributed by atoms with E-state index in [2.05, 4.69) is 13.8 Å². The van der Waals surface area contributed by atoms with Gasteiger partial charge in [-0.1, -0.05) is 26.7 Å². The molecular formula is C12H26O2. The molecule has 2 nitrogen and oxygen atoms in total. The highest BCUT2D eigenvalue weighted by atomic mass is 16.3. The monoisotopic (exact) mass is 202 g/mol. The lowest BCUT2D eigenvalue weighted by Gasteiger charge is -2.29. The number of aliphatic hydroxyl groups is 2. The summed E-state index contributed by atoms with van der Waals surface area (Å²) < 4.78 is 0. The summed E-state index contributed by atoms with van der Waals surface area (Å²) in [6.45, 7) is 5.13. The topological polar surface area (TPSA) is 40.5 Å². The fourth-order valence-corrected chi connectivity index (χ4v) is 2.15. The fraction of sp³-hybridized carbons (Fsp3) is 1.00. The standard InChI is InChI=1S/C12H26O2/c1-3-7-12(2,9-6-11-14)8-4-5-10-13/h13-14H,3-11H2,1-2H3. The molecule has 2 heteroatoms. The van der Waals surface area contributed by atoms with Crippen molar-refractivity contribution in [3.8, 4) is 0 Å². The fourth-order valence-electron chi connectivity index (χ4n) is 2.15. The van der Waals surface area contributed by atoms with Crippen LogP contribution in [0, 0.1) is 5.41 Å². The molecule has 0 saturated heterocycles. The Kier molecular flexibility index (Phi) is 8.20. The van der Waals surface area contributed by atoms with E-state index >= 15 is 0 Å². The van der Waals surface area contributed by atoms with Gasteiger partial charge in [-0.3, -0.25) is 0 Å². The van der Waals surface area contributed by atoms with Gasteiger partial charge < -0.3 is 10.2 Å². The van der Waals surface area contributed by atoms with E-state index < -0.39 is 0 Å². The van der Waals surface area contributed by atoms with E-state index in [4.69, 9.17) is 10.2 Å². The van der Waals surface area contributed by atoms with Crippen molar-refractivity contribution in [2.75, 3.05) is 13.2 Å². The summed E-state index contributed by atoms with van der Waals surface area (Å²) in [7, 11) is 0. The first kappa shape index (κ1) is 13.9. The van der Waals surface area contributed by atoms with Crippen molar-refractivity contribution in [3.05, 3.63) is 0 Å². The van der Waals surface area contributed by atoms with E-state index in [1.165, 1.54) is 19.3 Å². The Morgan fingerprint density at radius 2 is 1.43 bits per heavy atom. The van der Waals surface area contributed by atoms with Gasteiger partial charge in [0.2, 0.25) is 0 Å². The Hall–Kier alpha value is -0.0800. The highest BCUT2D eigenvalue weighted by molar-refractivity contribution is 4.73. The van der Waals surface area contributed by atoms with E-state index in [0.717, 1.165) is 25.7 Å². The van der Waals surface area contributed by atoms with Crippen LogP contribution in [0.3, 0.4) is 0 Å². The minimum atomic E-state index is 0.305. The van der Waals surface area contributed by atoms with Gasteiger partial charge >= 0.3 is 0 Å². The second-order valence-electron chi connectivity index (χ2n) is 4.57. The lowest BCUT2D eigenvalue weighted by molar-refractivity contribution is 0.191. The molecular weight excluding hydrogens is 176 g/mol. The normalized spacial score (nSPS) is 15.4. The maximum Gasteiger partial charge on any atom is 0.0431 e. The minimum Gasteiger partial charge on any atom is -0.396 e. The van der Waals surface area contributed by atoms with Crippen LogP contribution in [0.15, 0.2) is 0 Å². The third-order valence-corrected chi connectivity index (χ3v) is 2.98. The van der Waals surface area contributed by atoms with Gasteiger partial charge in [-0.25, -0.2) is 0 Å². The first-order valence-corrected chi connectivity index (χ1v) is 5.90. The zero-order valence-electron chi connectivity index (χ0n) is 9.76. The molecule has 0 aliphatic carbocycles. The molecule has 0 saturated carbocycles. The quantitative estimate of drug-likeness (QED) is 0.564. The SMILES string of the molecule is CCCC(C)(CCCO)CCCCO. The summed E-state index contributed by atoms with van der Waals surface area (Å²) in [5.74, 6) is 0. The molecule has 1 unspecified atom stereocenters. The van der Waals surface area contributed by atoms with Crippen molar-refractivity contribution in [3.63, 3.8) is 0 Å². The molecule has 0 fully saturated rings. The largest absolute Gasteiger partial charge is 0.396 e. The van der Waals surface area contributed by atoms with Crippen LogP contribution in [0.1, 0.15) is 58.8 Å². The summed E-state index contributed by atoms with van der Waals surface area (Å²) in [4.78, 5) is 0. The van der Waals surface area contributed by atoms with Gasteiger partial charge in [0, 0.05) is 13.2 Å². The molecule has 0 aromatic rings. The molecule has 0 radical (unpaired) electrons. The Morgan fingerprint density at radius 1 is 0.857 bits per heavy atom. The number of rotatable bonds is 9. The van der Waals surface area contributed by atoms with Gasteiger partial charge in [-0.2, -0.15) is 0 Å². The van der Waals surface area contributed by atoms with E-state index in [0.29, 0.717) is 18.6 Å².